The van der Waals surface area contributed by atoms with Gasteiger partial charge in [-0.1, -0.05) is 18.2 Å². The molecule has 1 aromatic heterocycles. The van der Waals surface area contributed by atoms with E-state index in [1.54, 1.807) is 18.5 Å². The first-order chi connectivity index (χ1) is 13.6. The summed E-state index contributed by atoms with van der Waals surface area (Å²) in [6, 6.07) is 15.2. The van der Waals surface area contributed by atoms with E-state index in [-0.39, 0.29) is 17.7 Å². The van der Waals surface area contributed by atoms with Crippen LogP contribution in [0.5, 0.6) is 11.5 Å². The highest BCUT2D eigenvalue weighted by atomic mass is 16.5. The lowest BCUT2D eigenvalue weighted by molar-refractivity contribution is -0.121. The number of phenolic OH excluding ortho intramolecular Hbond substituents is 1. The maximum atomic E-state index is 12.5. The molecule has 1 aliphatic rings. The van der Waals surface area contributed by atoms with Crippen LogP contribution in [0.4, 0.5) is 0 Å². The SMILES string of the molecule is Cc1cc(-c2ccc3c(c2)C(NC(=O)Cc2cccnc2)CCO3)ccc1O. The second-order valence-electron chi connectivity index (χ2n) is 7.05. The van der Waals surface area contributed by atoms with Crippen molar-refractivity contribution in [2.45, 2.75) is 25.8 Å². The van der Waals surface area contributed by atoms with Gasteiger partial charge in [-0.2, -0.15) is 0 Å². The second kappa shape index (κ2) is 7.72. The van der Waals surface area contributed by atoms with Crippen molar-refractivity contribution in [1.29, 1.82) is 0 Å². The molecule has 3 aromatic rings. The number of pyridine rings is 1. The van der Waals surface area contributed by atoms with Gasteiger partial charge in [-0.15, -0.1) is 0 Å². The van der Waals surface area contributed by atoms with Gasteiger partial charge in [-0.25, -0.2) is 0 Å². The van der Waals surface area contributed by atoms with Gasteiger partial charge in [0.15, 0.2) is 0 Å². The van der Waals surface area contributed by atoms with Gasteiger partial charge in [0.25, 0.3) is 0 Å². The van der Waals surface area contributed by atoms with Crippen molar-refractivity contribution < 1.29 is 14.6 Å². The number of phenols is 1. The van der Waals surface area contributed by atoms with Gasteiger partial charge in [0, 0.05) is 24.4 Å². The van der Waals surface area contributed by atoms with E-state index in [0.717, 1.165) is 40.0 Å². The minimum absolute atomic E-state index is 0.0308. The van der Waals surface area contributed by atoms with Crippen LogP contribution in [0.1, 0.15) is 29.2 Å². The van der Waals surface area contributed by atoms with Crippen LogP contribution >= 0.6 is 0 Å². The number of nitrogens with zero attached hydrogens (tertiary/aromatic N) is 1. The van der Waals surface area contributed by atoms with Crippen molar-refractivity contribution in [3.05, 3.63) is 77.6 Å². The summed E-state index contributed by atoms with van der Waals surface area (Å²) >= 11 is 0. The number of fused-ring (bicyclic) bond motifs is 1. The molecule has 5 nitrogen and oxygen atoms in total. The lowest BCUT2D eigenvalue weighted by Crippen LogP contribution is -2.33. The highest BCUT2D eigenvalue weighted by molar-refractivity contribution is 5.79. The summed E-state index contributed by atoms with van der Waals surface area (Å²) in [6.45, 7) is 2.45. The number of rotatable bonds is 4. The van der Waals surface area contributed by atoms with E-state index in [4.69, 9.17) is 4.74 Å². The fourth-order valence-electron chi connectivity index (χ4n) is 3.49. The minimum atomic E-state index is -0.0916. The van der Waals surface area contributed by atoms with Crippen molar-refractivity contribution in [3.63, 3.8) is 0 Å². The molecule has 0 saturated heterocycles. The minimum Gasteiger partial charge on any atom is -0.508 e. The number of aromatic nitrogens is 1. The normalized spacial score (nSPS) is 15.4. The Morgan fingerprint density at radius 1 is 1.21 bits per heavy atom. The number of aromatic hydroxyl groups is 1. The number of nitrogens with one attached hydrogen (secondary N) is 1. The molecule has 2 heterocycles. The third-order valence-corrected chi connectivity index (χ3v) is 5.00. The molecule has 0 saturated carbocycles. The molecular weight excluding hydrogens is 352 g/mol. The molecule has 1 atom stereocenters. The summed E-state index contributed by atoms with van der Waals surface area (Å²) < 4.78 is 5.79. The van der Waals surface area contributed by atoms with Crippen LogP contribution in [-0.2, 0) is 11.2 Å². The Balaban J connectivity index is 1.57. The standard InChI is InChI=1S/C23H22N2O3/c1-15-11-17(4-6-21(15)26)18-5-7-22-19(13-18)20(8-10-28-22)25-23(27)12-16-3-2-9-24-14-16/h2-7,9,11,13-14,20,26H,8,10,12H2,1H3,(H,25,27). The Kier molecular flexibility index (Phi) is 4.98. The monoisotopic (exact) mass is 374 g/mol. The summed E-state index contributed by atoms with van der Waals surface area (Å²) in [5.74, 6) is 1.06. The van der Waals surface area contributed by atoms with Crippen LogP contribution in [0.3, 0.4) is 0 Å². The van der Waals surface area contributed by atoms with Crippen molar-refractivity contribution in [3.8, 4) is 22.6 Å². The van der Waals surface area contributed by atoms with Crippen LogP contribution in [0.2, 0.25) is 0 Å². The second-order valence-corrected chi connectivity index (χ2v) is 7.05. The van der Waals surface area contributed by atoms with Crippen LogP contribution in [0.15, 0.2) is 60.9 Å². The fourth-order valence-corrected chi connectivity index (χ4v) is 3.49. The predicted octanol–water partition coefficient (Wildman–Crippen LogP) is 3.95. The lowest BCUT2D eigenvalue weighted by atomic mass is 9.94. The molecule has 5 heteroatoms. The van der Waals surface area contributed by atoms with Crippen LogP contribution < -0.4 is 10.1 Å². The summed E-state index contributed by atoms with van der Waals surface area (Å²) in [6.07, 6.45) is 4.44. The first-order valence-corrected chi connectivity index (χ1v) is 9.35. The Labute approximate surface area is 164 Å². The summed E-state index contributed by atoms with van der Waals surface area (Å²) in [5.41, 5.74) is 4.74. The molecule has 0 spiro atoms. The Hall–Kier alpha value is -3.34. The molecule has 28 heavy (non-hydrogen) atoms. The first kappa shape index (κ1) is 18.0. The number of hydrogen-bond acceptors (Lipinski definition) is 4. The molecule has 0 fully saturated rings. The first-order valence-electron chi connectivity index (χ1n) is 9.35. The maximum Gasteiger partial charge on any atom is 0.224 e. The van der Waals surface area contributed by atoms with Crippen molar-refractivity contribution in [1.82, 2.24) is 10.3 Å². The van der Waals surface area contributed by atoms with Gasteiger partial charge >= 0.3 is 0 Å². The Bertz CT molecular complexity index is 1000. The Morgan fingerprint density at radius 3 is 2.82 bits per heavy atom. The number of carbonyl (C=O) groups is 1. The molecular formula is C23H22N2O3. The van der Waals surface area contributed by atoms with Gasteiger partial charge in [-0.3, -0.25) is 9.78 Å². The number of amides is 1. The number of hydrogen-bond donors (Lipinski definition) is 2. The van der Waals surface area contributed by atoms with E-state index in [1.807, 2.05) is 43.3 Å². The van der Waals surface area contributed by atoms with Crippen molar-refractivity contribution >= 4 is 5.91 Å². The van der Waals surface area contributed by atoms with Gasteiger partial charge in [0.05, 0.1) is 19.1 Å². The van der Waals surface area contributed by atoms with Crippen molar-refractivity contribution in [2.24, 2.45) is 0 Å². The van der Waals surface area contributed by atoms with E-state index < -0.39 is 0 Å². The van der Waals surface area contributed by atoms with E-state index in [1.165, 1.54) is 0 Å². The summed E-state index contributed by atoms with van der Waals surface area (Å²) in [4.78, 5) is 16.6. The third kappa shape index (κ3) is 3.83. The molecule has 4 rings (SSSR count). The largest absolute Gasteiger partial charge is 0.508 e. The Morgan fingerprint density at radius 2 is 2.04 bits per heavy atom. The maximum absolute atomic E-state index is 12.5. The number of aryl methyl sites for hydroxylation is 1. The molecule has 2 N–H and O–H groups in total. The molecule has 0 radical (unpaired) electrons. The average molecular weight is 374 g/mol. The molecule has 0 aliphatic carbocycles. The van der Waals surface area contributed by atoms with Gasteiger partial charge in [0.2, 0.25) is 5.91 Å². The smallest absolute Gasteiger partial charge is 0.224 e. The van der Waals surface area contributed by atoms with Crippen LogP contribution in [0, 0.1) is 6.92 Å². The molecule has 1 amide bonds. The van der Waals surface area contributed by atoms with E-state index in [9.17, 15) is 9.90 Å². The lowest BCUT2D eigenvalue weighted by Gasteiger charge is -2.27. The molecule has 2 aromatic carbocycles. The van der Waals surface area contributed by atoms with Gasteiger partial charge in [0.1, 0.15) is 11.5 Å². The topological polar surface area (TPSA) is 71.5 Å². The van der Waals surface area contributed by atoms with E-state index in [2.05, 4.69) is 16.4 Å². The highest BCUT2D eigenvalue weighted by Crippen LogP contribution is 2.36. The molecule has 1 aliphatic heterocycles. The zero-order valence-electron chi connectivity index (χ0n) is 15.7. The third-order valence-electron chi connectivity index (χ3n) is 5.00. The van der Waals surface area contributed by atoms with E-state index >= 15 is 0 Å². The van der Waals surface area contributed by atoms with E-state index in [0.29, 0.717) is 13.0 Å². The zero-order valence-corrected chi connectivity index (χ0v) is 15.7. The van der Waals surface area contributed by atoms with Crippen LogP contribution in [0.25, 0.3) is 11.1 Å². The predicted molar refractivity (Wildman–Crippen MR) is 107 cm³/mol. The number of ether oxygens (including phenoxy) is 1. The van der Waals surface area contributed by atoms with Gasteiger partial charge in [-0.05, 0) is 59.5 Å². The highest BCUT2D eigenvalue weighted by Gasteiger charge is 2.23. The molecule has 0 bridgehead atoms. The molecule has 142 valence electrons. The summed E-state index contributed by atoms with van der Waals surface area (Å²) in [5, 5.41) is 12.9. The number of benzene rings is 2. The number of carbonyl (C=O) groups excluding carboxylic acids is 1. The zero-order chi connectivity index (χ0) is 19.5. The average Bonchev–Trinajstić information content (AvgIpc) is 2.71. The fraction of sp³-hybridized carbons (Fsp3) is 0.217. The summed E-state index contributed by atoms with van der Waals surface area (Å²) in [7, 11) is 0. The quantitative estimate of drug-likeness (QED) is 0.725. The molecule has 1 unspecified atom stereocenters. The van der Waals surface area contributed by atoms with Crippen LogP contribution in [-0.4, -0.2) is 22.6 Å². The van der Waals surface area contributed by atoms with Gasteiger partial charge < -0.3 is 15.2 Å². The van der Waals surface area contributed by atoms with Crippen molar-refractivity contribution in [2.75, 3.05) is 6.61 Å².